The standard InChI is InChI=1S/C11H12FN4O3P/c1-16-11(13-14-15-16)9(7-20(17,18)19)6-8-2-4-10(12)5-3-8/h2-6H,7H2,1H3,(H2,17,18,19). The van der Waals surface area contributed by atoms with Crippen molar-refractivity contribution in [3.05, 3.63) is 41.5 Å². The summed E-state index contributed by atoms with van der Waals surface area (Å²) in [6.07, 6.45) is 1.02. The number of hydrogen-bond donors (Lipinski definition) is 2. The quantitative estimate of drug-likeness (QED) is 0.819. The van der Waals surface area contributed by atoms with Crippen LogP contribution in [0.4, 0.5) is 4.39 Å². The van der Waals surface area contributed by atoms with E-state index in [-0.39, 0.29) is 17.2 Å². The lowest BCUT2D eigenvalue weighted by Crippen LogP contribution is -2.02. The van der Waals surface area contributed by atoms with Gasteiger partial charge in [0.2, 0.25) is 0 Å². The minimum atomic E-state index is -4.28. The third kappa shape index (κ3) is 3.80. The van der Waals surface area contributed by atoms with Crippen LogP contribution in [0.5, 0.6) is 0 Å². The highest BCUT2D eigenvalue weighted by Crippen LogP contribution is 2.39. The molecule has 0 saturated heterocycles. The molecule has 2 N–H and O–H groups in total. The van der Waals surface area contributed by atoms with E-state index in [1.165, 1.54) is 35.0 Å². The predicted molar refractivity (Wildman–Crippen MR) is 70.0 cm³/mol. The molecule has 0 aliphatic carbocycles. The van der Waals surface area contributed by atoms with Crippen molar-refractivity contribution in [2.24, 2.45) is 7.05 Å². The molecule has 20 heavy (non-hydrogen) atoms. The van der Waals surface area contributed by atoms with Crippen LogP contribution >= 0.6 is 7.60 Å². The smallest absolute Gasteiger partial charge is 0.324 e. The monoisotopic (exact) mass is 298 g/mol. The minimum absolute atomic E-state index is 0.248. The van der Waals surface area contributed by atoms with Crippen molar-refractivity contribution in [3.8, 4) is 0 Å². The Hall–Kier alpha value is -1.89. The summed E-state index contributed by atoms with van der Waals surface area (Å²) in [7, 11) is -2.72. The van der Waals surface area contributed by atoms with E-state index in [1.807, 2.05) is 0 Å². The Balaban J connectivity index is 2.44. The Labute approximate surface area is 113 Å². The number of aromatic nitrogens is 4. The molecule has 106 valence electrons. The molecule has 0 radical (unpaired) electrons. The van der Waals surface area contributed by atoms with Gasteiger partial charge in [-0.3, -0.25) is 4.57 Å². The molecule has 0 aliphatic rings. The van der Waals surface area contributed by atoms with Crippen molar-refractivity contribution in [1.82, 2.24) is 20.2 Å². The molecule has 0 amide bonds. The predicted octanol–water partition coefficient (Wildman–Crippen LogP) is 1.07. The van der Waals surface area contributed by atoms with Crippen LogP contribution in [0.1, 0.15) is 11.4 Å². The van der Waals surface area contributed by atoms with Crippen molar-refractivity contribution in [2.75, 3.05) is 6.16 Å². The topological polar surface area (TPSA) is 101 Å². The SMILES string of the molecule is Cn1nnnc1C(=Cc1ccc(F)cc1)CP(=O)(O)O. The van der Waals surface area contributed by atoms with Gasteiger partial charge in [-0.2, -0.15) is 0 Å². The molecule has 0 fully saturated rings. The van der Waals surface area contributed by atoms with E-state index in [0.29, 0.717) is 5.56 Å². The lowest BCUT2D eigenvalue weighted by atomic mass is 10.1. The summed E-state index contributed by atoms with van der Waals surface area (Å²) in [6.45, 7) is 0. The zero-order chi connectivity index (χ0) is 14.8. The van der Waals surface area contributed by atoms with Gasteiger partial charge in [-0.25, -0.2) is 9.07 Å². The molecule has 0 atom stereocenters. The summed E-state index contributed by atoms with van der Waals surface area (Å²) in [5.74, 6) is -0.142. The fraction of sp³-hybridized carbons (Fsp3) is 0.182. The van der Waals surface area contributed by atoms with Crippen LogP contribution in [-0.2, 0) is 11.6 Å². The maximum Gasteiger partial charge on any atom is 0.330 e. The van der Waals surface area contributed by atoms with Gasteiger partial charge >= 0.3 is 7.60 Å². The van der Waals surface area contributed by atoms with E-state index in [0.717, 1.165) is 0 Å². The van der Waals surface area contributed by atoms with Crippen LogP contribution in [0.2, 0.25) is 0 Å². The highest BCUT2D eigenvalue weighted by molar-refractivity contribution is 7.52. The molecule has 0 saturated carbocycles. The van der Waals surface area contributed by atoms with Gasteiger partial charge in [0.05, 0.1) is 6.16 Å². The Morgan fingerprint density at radius 3 is 2.55 bits per heavy atom. The number of nitrogens with zero attached hydrogens (tertiary/aromatic N) is 4. The maximum absolute atomic E-state index is 12.9. The van der Waals surface area contributed by atoms with Crippen LogP contribution in [0.3, 0.4) is 0 Å². The lowest BCUT2D eigenvalue weighted by molar-refractivity contribution is 0.377. The lowest BCUT2D eigenvalue weighted by Gasteiger charge is -2.08. The number of tetrazole rings is 1. The van der Waals surface area contributed by atoms with E-state index < -0.39 is 13.8 Å². The second kappa shape index (κ2) is 5.62. The molecule has 0 aliphatic heterocycles. The summed E-state index contributed by atoms with van der Waals surface area (Å²) < 4.78 is 25.4. The van der Waals surface area contributed by atoms with Crippen LogP contribution in [0.25, 0.3) is 11.6 Å². The summed E-state index contributed by atoms with van der Waals surface area (Å²) in [4.78, 5) is 18.3. The molecule has 2 rings (SSSR count). The summed E-state index contributed by atoms with van der Waals surface area (Å²) >= 11 is 0. The zero-order valence-electron chi connectivity index (χ0n) is 10.5. The zero-order valence-corrected chi connectivity index (χ0v) is 11.4. The molecular formula is C11H12FN4O3P. The van der Waals surface area contributed by atoms with Gasteiger partial charge in [0.1, 0.15) is 5.82 Å². The van der Waals surface area contributed by atoms with Crippen molar-refractivity contribution in [3.63, 3.8) is 0 Å². The van der Waals surface area contributed by atoms with Gasteiger partial charge in [0.15, 0.2) is 5.82 Å². The third-order valence-electron chi connectivity index (χ3n) is 2.49. The van der Waals surface area contributed by atoms with Crippen molar-refractivity contribution < 1.29 is 18.7 Å². The number of benzene rings is 1. The summed E-state index contributed by atoms with van der Waals surface area (Å²) in [5, 5.41) is 10.8. The minimum Gasteiger partial charge on any atom is -0.324 e. The molecule has 1 aromatic heterocycles. The van der Waals surface area contributed by atoms with Gasteiger partial charge in [0.25, 0.3) is 0 Å². The molecule has 1 aromatic carbocycles. The van der Waals surface area contributed by atoms with Gasteiger partial charge < -0.3 is 9.79 Å². The molecule has 7 nitrogen and oxygen atoms in total. The number of halogens is 1. The van der Waals surface area contributed by atoms with Crippen LogP contribution in [0.15, 0.2) is 24.3 Å². The molecule has 1 heterocycles. The molecule has 2 aromatic rings. The fourth-order valence-electron chi connectivity index (χ4n) is 1.66. The van der Waals surface area contributed by atoms with E-state index in [9.17, 15) is 8.96 Å². The molecular weight excluding hydrogens is 286 g/mol. The van der Waals surface area contributed by atoms with Crippen molar-refractivity contribution >= 4 is 19.2 Å². The Kier molecular flexibility index (Phi) is 4.08. The molecule has 0 spiro atoms. The molecule has 9 heteroatoms. The third-order valence-corrected chi connectivity index (χ3v) is 3.25. The van der Waals surface area contributed by atoms with Gasteiger partial charge in [-0.15, -0.1) is 5.10 Å². The fourth-order valence-corrected chi connectivity index (χ4v) is 2.34. The number of allylic oxidation sites excluding steroid dienone is 1. The van der Waals surface area contributed by atoms with Crippen molar-refractivity contribution in [1.29, 1.82) is 0 Å². The molecule has 0 unspecified atom stereocenters. The van der Waals surface area contributed by atoms with Gasteiger partial charge in [-0.1, -0.05) is 12.1 Å². The van der Waals surface area contributed by atoms with E-state index in [1.54, 1.807) is 7.05 Å². The van der Waals surface area contributed by atoms with Crippen LogP contribution in [-0.4, -0.2) is 36.2 Å². The van der Waals surface area contributed by atoms with Crippen LogP contribution in [0, 0.1) is 5.82 Å². The van der Waals surface area contributed by atoms with Gasteiger partial charge in [-0.05, 0) is 34.2 Å². The Bertz CT molecular complexity index is 677. The second-order valence-corrected chi connectivity index (χ2v) is 5.82. The highest BCUT2D eigenvalue weighted by Gasteiger charge is 2.20. The van der Waals surface area contributed by atoms with Gasteiger partial charge in [0, 0.05) is 12.6 Å². The molecule has 0 bridgehead atoms. The Morgan fingerprint density at radius 1 is 1.40 bits per heavy atom. The second-order valence-electron chi connectivity index (χ2n) is 4.17. The number of rotatable bonds is 4. The maximum atomic E-state index is 12.9. The van der Waals surface area contributed by atoms with E-state index in [4.69, 9.17) is 9.79 Å². The average molecular weight is 298 g/mol. The highest BCUT2D eigenvalue weighted by atomic mass is 31.2. The van der Waals surface area contributed by atoms with Crippen LogP contribution < -0.4 is 0 Å². The summed E-state index contributed by atoms with van der Waals surface area (Å²) in [6, 6.07) is 5.52. The normalized spacial score (nSPS) is 12.7. The first-order chi connectivity index (χ1) is 9.35. The Morgan fingerprint density at radius 2 is 2.05 bits per heavy atom. The largest absolute Gasteiger partial charge is 0.330 e. The first kappa shape index (κ1) is 14.5. The number of aryl methyl sites for hydroxylation is 1. The van der Waals surface area contributed by atoms with E-state index in [2.05, 4.69) is 15.5 Å². The summed E-state index contributed by atoms with van der Waals surface area (Å²) in [5.41, 5.74) is 0.871. The van der Waals surface area contributed by atoms with Crippen molar-refractivity contribution in [2.45, 2.75) is 0 Å². The average Bonchev–Trinajstić information content (AvgIpc) is 2.76. The first-order valence-electron chi connectivity index (χ1n) is 5.58. The van der Waals surface area contributed by atoms with E-state index >= 15 is 0 Å². The number of hydrogen-bond acceptors (Lipinski definition) is 4. The first-order valence-corrected chi connectivity index (χ1v) is 7.38.